The second-order valence-corrected chi connectivity index (χ2v) is 8.80. The molecule has 13 heteroatoms. The lowest BCUT2D eigenvalue weighted by Crippen LogP contribution is -2.42. The van der Waals surface area contributed by atoms with Crippen molar-refractivity contribution >= 4 is 0 Å². The van der Waals surface area contributed by atoms with Crippen LogP contribution < -0.4 is 14.8 Å². The molecule has 4 nitrogen and oxygen atoms in total. The van der Waals surface area contributed by atoms with Crippen molar-refractivity contribution in [2.45, 2.75) is 56.5 Å². The van der Waals surface area contributed by atoms with E-state index < -0.39 is 55.0 Å². The summed E-state index contributed by atoms with van der Waals surface area (Å²) in [6, 6.07) is 9.42. The fraction of sp³-hybridized carbons (Fsp3) is 0.500. The summed E-state index contributed by atoms with van der Waals surface area (Å²) in [7, 11) is 0. The zero-order valence-electron chi connectivity index (χ0n) is 19.1. The molecular formula is C24H24F9NO3. The topological polar surface area (TPSA) is 50.7 Å². The van der Waals surface area contributed by atoms with Crippen LogP contribution in [0.1, 0.15) is 37.3 Å². The molecule has 0 spiro atoms. The lowest BCUT2D eigenvalue weighted by molar-refractivity contribution is -0.274. The quantitative estimate of drug-likeness (QED) is 0.342. The van der Waals surface area contributed by atoms with Crippen LogP contribution in [0, 0.1) is 11.8 Å². The van der Waals surface area contributed by atoms with Crippen molar-refractivity contribution in [1.82, 2.24) is 5.32 Å². The van der Waals surface area contributed by atoms with Crippen LogP contribution in [-0.2, 0) is 0 Å². The van der Waals surface area contributed by atoms with Crippen LogP contribution in [0.4, 0.5) is 39.5 Å². The standard InChI is InChI=1S/C24H24F9NO3/c25-22(26,27)16-5-1-3-14(11-16)21(34-13-20(35)23(28,29)30)15-4-2-6-19(12-15)36-17-7-9-18(10-8-17)37-24(31,32)33/h2,4,6-10,12,14,16,20-21,34-35H,1,3,5,11,13H2. The van der Waals surface area contributed by atoms with E-state index in [1.54, 1.807) is 0 Å². The van der Waals surface area contributed by atoms with E-state index >= 15 is 0 Å². The normalized spacial score (nSPS) is 20.8. The van der Waals surface area contributed by atoms with Gasteiger partial charge in [-0.05, 0) is 67.1 Å². The highest BCUT2D eigenvalue weighted by molar-refractivity contribution is 5.38. The Morgan fingerprint density at radius 3 is 2.11 bits per heavy atom. The number of aliphatic hydroxyl groups is 1. The van der Waals surface area contributed by atoms with Crippen molar-refractivity contribution in [1.29, 1.82) is 0 Å². The molecule has 0 radical (unpaired) electrons. The zero-order chi connectivity index (χ0) is 27.4. The number of alkyl halides is 9. The molecule has 4 unspecified atom stereocenters. The minimum atomic E-state index is -4.91. The summed E-state index contributed by atoms with van der Waals surface area (Å²) < 4.78 is 125. The highest BCUT2D eigenvalue weighted by atomic mass is 19.4. The van der Waals surface area contributed by atoms with E-state index in [9.17, 15) is 44.6 Å². The van der Waals surface area contributed by atoms with Crippen LogP contribution in [-0.4, -0.2) is 36.5 Å². The maximum Gasteiger partial charge on any atom is 0.573 e. The Hall–Kier alpha value is -2.67. The lowest BCUT2D eigenvalue weighted by Gasteiger charge is -2.36. The van der Waals surface area contributed by atoms with Gasteiger partial charge in [-0.3, -0.25) is 0 Å². The van der Waals surface area contributed by atoms with Crippen molar-refractivity contribution in [3.63, 3.8) is 0 Å². The lowest BCUT2D eigenvalue weighted by atomic mass is 9.75. The molecule has 4 atom stereocenters. The number of ether oxygens (including phenoxy) is 2. The molecule has 2 aromatic carbocycles. The average molecular weight is 545 g/mol. The van der Waals surface area contributed by atoms with Crippen molar-refractivity contribution < 1.29 is 54.1 Å². The third-order valence-corrected chi connectivity index (χ3v) is 6.07. The maximum atomic E-state index is 13.4. The average Bonchev–Trinajstić information content (AvgIpc) is 2.79. The molecule has 3 rings (SSSR count). The molecule has 0 heterocycles. The fourth-order valence-corrected chi connectivity index (χ4v) is 4.36. The van der Waals surface area contributed by atoms with Gasteiger partial charge in [0.25, 0.3) is 0 Å². The highest BCUT2D eigenvalue weighted by Gasteiger charge is 2.44. The minimum Gasteiger partial charge on any atom is -0.457 e. The van der Waals surface area contributed by atoms with E-state index in [1.165, 1.54) is 36.4 Å². The molecule has 206 valence electrons. The number of hydrogen-bond acceptors (Lipinski definition) is 4. The number of benzene rings is 2. The van der Waals surface area contributed by atoms with Gasteiger partial charge < -0.3 is 19.9 Å². The molecular weight excluding hydrogens is 521 g/mol. The van der Waals surface area contributed by atoms with Crippen LogP contribution >= 0.6 is 0 Å². The van der Waals surface area contributed by atoms with E-state index in [1.807, 2.05) is 0 Å². The van der Waals surface area contributed by atoms with Gasteiger partial charge in [-0.15, -0.1) is 13.2 Å². The first-order chi connectivity index (χ1) is 17.1. The predicted molar refractivity (Wildman–Crippen MR) is 114 cm³/mol. The molecule has 0 amide bonds. The molecule has 1 aliphatic carbocycles. The zero-order valence-corrected chi connectivity index (χ0v) is 19.1. The van der Waals surface area contributed by atoms with E-state index in [2.05, 4.69) is 10.1 Å². The van der Waals surface area contributed by atoms with Gasteiger partial charge in [0.1, 0.15) is 17.2 Å². The van der Waals surface area contributed by atoms with Gasteiger partial charge in [0, 0.05) is 12.6 Å². The predicted octanol–water partition coefficient (Wildman–Crippen LogP) is 7.30. The van der Waals surface area contributed by atoms with Crippen molar-refractivity contribution in [3.05, 3.63) is 54.1 Å². The molecule has 0 aliphatic heterocycles. The molecule has 2 N–H and O–H groups in total. The van der Waals surface area contributed by atoms with Gasteiger partial charge in [0.2, 0.25) is 0 Å². The van der Waals surface area contributed by atoms with Gasteiger partial charge in [0.05, 0.1) is 5.92 Å². The molecule has 1 fully saturated rings. The van der Waals surface area contributed by atoms with Crippen LogP contribution in [0.3, 0.4) is 0 Å². The molecule has 0 aromatic heterocycles. The summed E-state index contributed by atoms with van der Waals surface area (Å²) in [5, 5.41) is 12.0. The minimum absolute atomic E-state index is 0.0743. The molecule has 1 aliphatic rings. The van der Waals surface area contributed by atoms with Crippen molar-refractivity contribution in [2.24, 2.45) is 11.8 Å². The van der Waals surface area contributed by atoms with Gasteiger partial charge in [-0.2, -0.15) is 26.3 Å². The van der Waals surface area contributed by atoms with E-state index in [-0.39, 0.29) is 30.8 Å². The van der Waals surface area contributed by atoms with Gasteiger partial charge in [-0.25, -0.2) is 0 Å². The molecule has 0 bridgehead atoms. The van der Waals surface area contributed by atoms with Crippen LogP contribution in [0.2, 0.25) is 0 Å². The Kier molecular flexibility index (Phi) is 8.89. The summed E-state index contributed by atoms with van der Waals surface area (Å²) in [4.78, 5) is 0. The Morgan fingerprint density at radius 2 is 1.51 bits per heavy atom. The third-order valence-electron chi connectivity index (χ3n) is 6.07. The molecule has 0 saturated heterocycles. The summed E-state index contributed by atoms with van der Waals surface area (Å²) in [5.74, 6) is -2.46. The number of aliphatic hydroxyl groups excluding tert-OH is 1. The Balaban J connectivity index is 1.81. The van der Waals surface area contributed by atoms with E-state index in [0.29, 0.717) is 12.0 Å². The first kappa shape index (κ1) is 28.9. The van der Waals surface area contributed by atoms with Crippen molar-refractivity contribution in [2.75, 3.05) is 6.54 Å². The highest BCUT2D eigenvalue weighted by Crippen LogP contribution is 2.44. The summed E-state index contributed by atoms with van der Waals surface area (Å²) in [6.45, 7) is -0.924. The number of halogens is 9. The Labute approximate surface area is 206 Å². The van der Waals surface area contributed by atoms with Crippen LogP contribution in [0.25, 0.3) is 0 Å². The first-order valence-electron chi connectivity index (χ1n) is 11.3. The molecule has 37 heavy (non-hydrogen) atoms. The fourth-order valence-electron chi connectivity index (χ4n) is 4.36. The van der Waals surface area contributed by atoms with Crippen molar-refractivity contribution in [3.8, 4) is 17.2 Å². The van der Waals surface area contributed by atoms with Gasteiger partial charge >= 0.3 is 18.7 Å². The van der Waals surface area contributed by atoms with Crippen LogP contribution in [0.15, 0.2) is 48.5 Å². The summed E-state index contributed by atoms with van der Waals surface area (Å²) >= 11 is 0. The monoisotopic (exact) mass is 545 g/mol. The smallest absolute Gasteiger partial charge is 0.457 e. The summed E-state index contributed by atoms with van der Waals surface area (Å²) in [5.41, 5.74) is 0.344. The molecule has 2 aromatic rings. The van der Waals surface area contributed by atoms with Gasteiger partial charge in [-0.1, -0.05) is 18.6 Å². The first-order valence-corrected chi connectivity index (χ1v) is 11.3. The van der Waals surface area contributed by atoms with E-state index in [4.69, 9.17) is 4.74 Å². The van der Waals surface area contributed by atoms with E-state index in [0.717, 1.165) is 12.1 Å². The SMILES string of the molecule is OC(CNC(c1cccc(Oc2ccc(OC(F)(F)F)cc2)c1)C1CCCC(C(F)(F)F)C1)C(F)(F)F. The largest absolute Gasteiger partial charge is 0.573 e. The third kappa shape index (κ3) is 8.70. The second kappa shape index (κ2) is 11.4. The maximum absolute atomic E-state index is 13.4. The van der Waals surface area contributed by atoms with Crippen LogP contribution in [0.5, 0.6) is 17.2 Å². The summed E-state index contributed by atoms with van der Waals surface area (Å²) in [6.07, 6.45) is -16.7. The number of nitrogens with one attached hydrogen (secondary N) is 1. The Morgan fingerprint density at radius 1 is 0.865 bits per heavy atom. The number of hydrogen-bond donors (Lipinski definition) is 2. The van der Waals surface area contributed by atoms with Gasteiger partial charge in [0.15, 0.2) is 6.10 Å². The molecule has 1 saturated carbocycles. The Bertz CT molecular complexity index is 1010. The second-order valence-electron chi connectivity index (χ2n) is 8.80. The number of rotatable bonds is 8.